The summed E-state index contributed by atoms with van der Waals surface area (Å²) in [5.74, 6) is 1.45. The molecule has 21 heavy (non-hydrogen) atoms. The van der Waals surface area contributed by atoms with Gasteiger partial charge in [0.05, 0.1) is 19.2 Å². The Kier molecular flexibility index (Phi) is 6.03. The standard InChI is InChI=1S/C16H26N2O2S/c1-12(2)13-5-4-9-18(10-8-13)16-17-14(11-21-16)6-7-15(19)20-3/h11-13H,4-10H2,1-3H3. The molecule has 1 aliphatic rings. The summed E-state index contributed by atoms with van der Waals surface area (Å²) in [6, 6.07) is 0. The van der Waals surface area contributed by atoms with Gasteiger partial charge in [-0.1, -0.05) is 13.8 Å². The number of ether oxygens (including phenoxy) is 1. The van der Waals surface area contributed by atoms with Gasteiger partial charge in [-0.05, 0) is 31.1 Å². The molecular formula is C16H26N2O2S. The second-order valence-corrected chi connectivity index (χ2v) is 6.96. The molecule has 1 atom stereocenters. The van der Waals surface area contributed by atoms with Gasteiger partial charge in [-0.3, -0.25) is 4.79 Å². The van der Waals surface area contributed by atoms with Crippen molar-refractivity contribution in [2.24, 2.45) is 11.8 Å². The molecular weight excluding hydrogens is 284 g/mol. The Morgan fingerprint density at radius 3 is 3.00 bits per heavy atom. The zero-order valence-corrected chi connectivity index (χ0v) is 14.1. The van der Waals surface area contributed by atoms with E-state index in [-0.39, 0.29) is 5.97 Å². The molecule has 0 bridgehead atoms. The maximum absolute atomic E-state index is 11.2. The summed E-state index contributed by atoms with van der Waals surface area (Å²) < 4.78 is 4.67. The van der Waals surface area contributed by atoms with Crippen LogP contribution in [0.25, 0.3) is 0 Å². The van der Waals surface area contributed by atoms with Gasteiger partial charge in [0.1, 0.15) is 0 Å². The summed E-state index contributed by atoms with van der Waals surface area (Å²) in [5.41, 5.74) is 1.00. The van der Waals surface area contributed by atoms with Gasteiger partial charge in [0.15, 0.2) is 5.13 Å². The summed E-state index contributed by atoms with van der Waals surface area (Å²) in [7, 11) is 1.43. The minimum atomic E-state index is -0.168. The highest BCUT2D eigenvalue weighted by Crippen LogP contribution is 2.29. The molecule has 5 heteroatoms. The van der Waals surface area contributed by atoms with Crippen LogP contribution in [0.15, 0.2) is 5.38 Å². The predicted molar refractivity (Wildman–Crippen MR) is 86.8 cm³/mol. The summed E-state index contributed by atoms with van der Waals surface area (Å²) in [6.45, 7) is 6.86. The van der Waals surface area contributed by atoms with Crippen LogP contribution in [0.5, 0.6) is 0 Å². The first kappa shape index (κ1) is 16.3. The lowest BCUT2D eigenvalue weighted by molar-refractivity contribution is -0.140. The Balaban J connectivity index is 1.90. The van der Waals surface area contributed by atoms with Crippen LogP contribution in [0.2, 0.25) is 0 Å². The normalized spacial score (nSPS) is 19.6. The van der Waals surface area contributed by atoms with Crippen LogP contribution >= 0.6 is 11.3 Å². The highest BCUT2D eigenvalue weighted by molar-refractivity contribution is 7.13. The molecule has 1 saturated heterocycles. The van der Waals surface area contributed by atoms with Crippen molar-refractivity contribution in [3.8, 4) is 0 Å². The number of carbonyl (C=O) groups excluding carboxylic acids is 1. The molecule has 0 saturated carbocycles. The first-order chi connectivity index (χ1) is 10.1. The number of thiazole rings is 1. The number of anilines is 1. The molecule has 2 heterocycles. The third-order valence-electron chi connectivity index (χ3n) is 4.34. The molecule has 4 nitrogen and oxygen atoms in total. The van der Waals surface area contributed by atoms with E-state index >= 15 is 0 Å². The first-order valence-corrected chi connectivity index (χ1v) is 8.74. The minimum Gasteiger partial charge on any atom is -0.469 e. The Morgan fingerprint density at radius 2 is 2.29 bits per heavy atom. The number of hydrogen-bond donors (Lipinski definition) is 0. The van der Waals surface area contributed by atoms with Crippen molar-refractivity contribution in [2.45, 2.75) is 46.0 Å². The van der Waals surface area contributed by atoms with Crippen LogP contribution in [0, 0.1) is 11.8 Å². The van der Waals surface area contributed by atoms with Gasteiger partial charge >= 0.3 is 5.97 Å². The minimum absolute atomic E-state index is 0.168. The van der Waals surface area contributed by atoms with Gasteiger partial charge < -0.3 is 9.64 Å². The van der Waals surface area contributed by atoms with Gasteiger partial charge in [-0.2, -0.15) is 0 Å². The number of carbonyl (C=O) groups is 1. The van der Waals surface area contributed by atoms with Crippen LogP contribution in [0.3, 0.4) is 0 Å². The Morgan fingerprint density at radius 1 is 1.48 bits per heavy atom. The monoisotopic (exact) mass is 310 g/mol. The number of esters is 1. The van der Waals surface area contributed by atoms with Crippen molar-refractivity contribution in [1.29, 1.82) is 0 Å². The number of methoxy groups -OCH3 is 1. The number of rotatable bonds is 5. The zero-order valence-electron chi connectivity index (χ0n) is 13.3. The average Bonchev–Trinajstić information content (AvgIpc) is 2.80. The first-order valence-electron chi connectivity index (χ1n) is 7.86. The van der Waals surface area contributed by atoms with Crippen LogP contribution in [0.4, 0.5) is 5.13 Å². The second kappa shape index (κ2) is 7.78. The molecule has 0 spiro atoms. The predicted octanol–water partition coefficient (Wildman–Crippen LogP) is 3.51. The quantitative estimate of drug-likeness (QED) is 0.781. The molecule has 1 aromatic rings. The zero-order chi connectivity index (χ0) is 15.2. The number of aromatic nitrogens is 1. The fourth-order valence-electron chi connectivity index (χ4n) is 2.87. The lowest BCUT2D eigenvalue weighted by Crippen LogP contribution is -2.24. The van der Waals surface area contributed by atoms with Crippen molar-refractivity contribution in [3.05, 3.63) is 11.1 Å². The van der Waals surface area contributed by atoms with E-state index in [0.717, 1.165) is 35.8 Å². The number of aryl methyl sites for hydroxylation is 1. The highest BCUT2D eigenvalue weighted by Gasteiger charge is 2.21. The van der Waals surface area contributed by atoms with Crippen LogP contribution in [-0.4, -0.2) is 31.2 Å². The third-order valence-corrected chi connectivity index (χ3v) is 5.29. The van der Waals surface area contributed by atoms with Crippen molar-refractivity contribution >= 4 is 22.4 Å². The van der Waals surface area contributed by atoms with Crippen LogP contribution < -0.4 is 4.90 Å². The Bertz CT molecular complexity index is 459. The molecule has 0 N–H and O–H groups in total. The van der Waals surface area contributed by atoms with E-state index in [1.54, 1.807) is 11.3 Å². The SMILES string of the molecule is COC(=O)CCc1csc(N2CCCC(C(C)C)CC2)n1. The van der Waals surface area contributed by atoms with E-state index in [0.29, 0.717) is 12.8 Å². The molecule has 0 aromatic carbocycles. The van der Waals surface area contributed by atoms with E-state index < -0.39 is 0 Å². The molecule has 2 rings (SSSR count). The van der Waals surface area contributed by atoms with Crippen molar-refractivity contribution in [3.63, 3.8) is 0 Å². The summed E-state index contributed by atoms with van der Waals surface area (Å²) in [6.07, 6.45) is 4.92. The Labute approximate surface area is 131 Å². The molecule has 1 aromatic heterocycles. The fourth-order valence-corrected chi connectivity index (χ4v) is 3.78. The third kappa shape index (κ3) is 4.70. The molecule has 118 valence electrons. The van der Waals surface area contributed by atoms with Crippen LogP contribution in [0.1, 0.15) is 45.2 Å². The van der Waals surface area contributed by atoms with E-state index in [4.69, 9.17) is 0 Å². The molecule has 0 amide bonds. The summed E-state index contributed by atoms with van der Waals surface area (Å²) >= 11 is 1.70. The van der Waals surface area contributed by atoms with Gasteiger partial charge in [0.2, 0.25) is 0 Å². The lowest BCUT2D eigenvalue weighted by Gasteiger charge is -2.20. The van der Waals surface area contributed by atoms with Gasteiger partial charge in [0.25, 0.3) is 0 Å². The van der Waals surface area contributed by atoms with Gasteiger partial charge in [-0.25, -0.2) is 4.98 Å². The maximum Gasteiger partial charge on any atom is 0.305 e. The van der Waals surface area contributed by atoms with Crippen molar-refractivity contribution in [1.82, 2.24) is 4.98 Å². The largest absolute Gasteiger partial charge is 0.469 e. The highest BCUT2D eigenvalue weighted by atomic mass is 32.1. The van der Waals surface area contributed by atoms with E-state index in [1.165, 1.54) is 26.4 Å². The average molecular weight is 310 g/mol. The fraction of sp³-hybridized carbons (Fsp3) is 0.750. The molecule has 1 unspecified atom stereocenters. The molecule has 1 aliphatic heterocycles. The maximum atomic E-state index is 11.2. The number of nitrogens with zero attached hydrogens (tertiary/aromatic N) is 2. The van der Waals surface area contributed by atoms with E-state index in [9.17, 15) is 4.79 Å². The van der Waals surface area contributed by atoms with Crippen LogP contribution in [-0.2, 0) is 16.0 Å². The number of hydrogen-bond acceptors (Lipinski definition) is 5. The summed E-state index contributed by atoms with van der Waals surface area (Å²) in [4.78, 5) is 18.3. The topological polar surface area (TPSA) is 42.4 Å². The van der Waals surface area contributed by atoms with E-state index in [1.807, 2.05) is 0 Å². The van der Waals surface area contributed by atoms with Crippen molar-refractivity contribution in [2.75, 3.05) is 25.1 Å². The van der Waals surface area contributed by atoms with Gasteiger partial charge in [0, 0.05) is 24.9 Å². The van der Waals surface area contributed by atoms with Crippen molar-refractivity contribution < 1.29 is 9.53 Å². The van der Waals surface area contributed by atoms with Gasteiger partial charge in [-0.15, -0.1) is 11.3 Å². The lowest BCUT2D eigenvalue weighted by atomic mass is 9.89. The molecule has 0 aliphatic carbocycles. The second-order valence-electron chi connectivity index (χ2n) is 6.12. The molecule has 0 radical (unpaired) electrons. The summed E-state index contributed by atoms with van der Waals surface area (Å²) in [5, 5.41) is 3.18. The Hall–Kier alpha value is -1.10. The smallest absolute Gasteiger partial charge is 0.305 e. The van der Waals surface area contributed by atoms with E-state index in [2.05, 4.69) is 33.8 Å². The molecule has 1 fully saturated rings.